The van der Waals surface area contributed by atoms with Gasteiger partial charge in [-0.2, -0.15) is 0 Å². The molecule has 0 radical (unpaired) electrons. The van der Waals surface area contributed by atoms with E-state index in [0.717, 1.165) is 11.1 Å². The molecule has 0 saturated carbocycles. The van der Waals surface area contributed by atoms with Gasteiger partial charge in [0.15, 0.2) is 6.61 Å². The Morgan fingerprint density at radius 1 is 0.935 bits per heavy atom. The van der Waals surface area contributed by atoms with Crippen molar-refractivity contribution in [1.29, 1.82) is 0 Å². The molecular formula is C25H32N2O4. The van der Waals surface area contributed by atoms with Crippen LogP contribution in [0.4, 0.5) is 0 Å². The van der Waals surface area contributed by atoms with E-state index in [-0.39, 0.29) is 17.2 Å². The predicted molar refractivity (Wildman–Crippen MR) is 120 cm³/mol. The molecular weight excluding hydrogens is 392 g/mol. The molecule has 0 heterocycles. The van der Waals surface area contributed by atoms with Crippen LogP contribution in [0.3, 0.4) is 0 Å². The summed E-state index contributed by atoms with van der Waals surface area (Å²) in [7, 11) is 0. The van der Waals surface area contributed by atoms with Gasteiger partial charge in [-0.05, 0) is 34.6 Å². The van der Waals surface area contributed by atoms with Crippen molar-refractivity contribution in [1.82, 2.24) is 10.6 Å². The first-order chi connectivity index (χ1) is 14.6. The van der Waals surface area contributed by atoms with Crippen LogP contribution in [0.5, 0.6) is 0 Å². The highest BCUT2D eigenvalue weighted by Gasteiger charge is 2.27. The van der Waals surface area contributed by atoms with Crippen molar-refractivity contribution >= 4 is 17.8 Å². The van der Waals surface area contributed by atoms with Gasteiger partial charge >= 0.3 is 5.97 Å². The highest BCUT2D eigenvalue weighted by Crippen LogP contribution is 2.22. The zero-order valence-electron chi connectivity index (χ0n) is 18.9. The van der Waals surface area contributed by atoms with Crippen LogP contribution < -0.4 is 10.6 Å². The van der Waals surface area contributed by atoms with Gasteiger partial charge in [0.2, 0.25) is 0 Å². The quantitative estimate of drug-likeness (QED) is 0.634. The molecule has 0 bridgehead atoms. The Balaban J connectivity index is 1.89. The zero-order chi connectivity index (χ0) is 23.0. The van der Waals surface area contributed by atoms with Gasteiger partial charge in [0.25, 0.3) is 11.8 Å². The third kappa shape index (κ3) is 7.55. The van der Waals surface area contributed by atoms with Crippen LogP contribution in [0.25, 0.3) is 0 Å². The Morgan fingerprint density at radius 3 is 2.10 bits per heavy atom. The zero-order valence-corrected chi connectivity index (χ0v) is 18.9. The topological polar surface area (TPSA) is 84.5 Å². The van der Waals surface area contributed by atoms with E-state index in [9.17, 15) is 14.4 Å². The van der Waals surface area contributed by atoms with Crippen molar-refractivity contribution in [3.63, 3.8) is 0 Å². The number of benzene rings is 2. The van der Waals surface area contributed by atoms with E-state index in [1.807, 2.05) is 56.3 Å². The van der Waals surface area contributed by atoms with Crippen LogP contribution in [-0.2, 0) is 26.3 Å². The van der Waals surface area contributed by atoms with E-state index in [2.05, 4.69) is 31.4 Å². The average Bonchev–Trinajstić information content (AvgIpc) is 2.74. The van der Waals surface area contributed by atoms with Gasteiger partial charge in [-0.3, -0.25) is 9.59 Å². The number of hydrogen-bond donors (Lipinski definition) is 2. The molecule has 0 aromatic heterocycles. The number of carbonyl (C=O) groups is 3. The van der Waals surface area contributed by atoms with Crippen LogP contribution >= 0.6 is 0 Å². The molecule has 6 heteroatoms. The molecule has 2 amide bonds. The lowest BCUT2D eigenvalue weighted by molar-refractivity contribution is -0.151. The molecule has 0 unspecified atom stereocenters. The standard InChI is InChI=1S/C25H32N2O4/c1-17(2)22(27-23(29)19-11-13-20(14-12-19)25(3,4)5)24(30)31-16-21(28)26-15-18-9-7-6-8-10-18/h6-14,17,22H,15-16H2,1-5H3,(H,26,28)(H,27,29)/t22-/m0/s1. The summed E-state index contributed by atoms with van der Waals surface area (Å²) in [6.07, 6.45) is 0. The number of rotatable bonds is 8. The van der Waals surface area contributed by atoms with Crippen molar-refractivity contribution in [3.8, 4) is 0 Å². The summed E-state index contributed by atoms with van der Waals surface area (Å²) >= 11 is 0. The Morgan fingerprint density at radius 2 is 1.55 bits per heavy atom. The first-order valence-corrected chi connectivity index (χ1v) is 10.5. The molecule has 0 saturated heterocycles. The monoisotopic (exact) mass is 424 g/mol. The minimum Gasteiger partial charge on any atom is -0.454 e. The maximum Gasteiger partial charge on any atom is 0.329 e. The van der Waals surface area contributed by atoms with Gasteiger partial charge in [0.1, 0.15) is 6.04 Å². The third-order valence-electron chi connectivity index (χ3n) is 4.90. The smallest absolute Gasteiger partial charge is 0.329 e. The highest BCUT2D eigenvalue weighted by molar-refractivity contribution is 5.97. The van der Waals surface area contributed by atoms with E-state index >= 15 is 0 Å². The maximum atomic E-state index is 12.6. The third-order valence-corrected chi connectivity index (χ3v) is 4.90. The van der Waals surface area contributed by atoms with Crippen LogP contribution in [-0.4, -0.2) is 30.4 Å². The SMILES string of the molecule is CC(C)[C@H](NC(=O)c1ccc(C(C)(C)C)cc1)C(=O)OCC(=O)NCc1ccccc1. The van der Waals surface area contributed by atoms with Gasteiger partial charge in [-0.1, -0.05) is 77.1 Å². The minimum atomic E-state index is -0.850. The summed E-state index contributed by atoms with van der Waals surface area (Å²) in [5, 5.41) is 5.43. The number of hydrogen-bond acceptors (Lipinski definition) is 4. The largest absolute Gasteiger partial charge is 0.454 e. The summed E-state index contributed by atoms with van der Waals surface area (Å²) in [5.41, 5.74) is 2.52. The lowest BCUT2D eigenvalue weighted by Crippen LogP contribution is -2.46. The maximum absolute atomic E-state index is 12.6. The number of nitrogens with one attached hydrogen (secondary N) is 2. The summed E-state index contributed by atoms with van der Waals surface area (Å²) in [6, 6.07) is 15.9. The van der Waals surface area contributed by atoms with Crippen LogP contribution in [0.15, 0.2) is 54.6 Å². The van der Waals surface area contributed by atoms with Crippen molar-refractivity contribution in [2.75, 3.05) is 6.61 Å². The van der Waals surface area contributed by atoms with Gasteiger partial charge in [-0.15, -0.1) is 0 Å². The molecule has 0 fully saturated rings. The fourth-order valence-corrected chi connectivity index (χ4v) is 2.92. The second kappa shape index (κ2) is 10.8. The van der Waals surface area contributed by atoms with Crippen molar-refractivity contribution in [3.05, 3.63) is 71.3 Å². The number of amides is 2. The van der Waals surface area contributed by atoms with Crippen molar-refractivity contribution < 1.29 is 19.1 Å². The van der Waals surface area contributed by atoms with Gasteiger partial charge in [0.05, 0.1) is 0 Å². The molecule has 6 nitrogen and oxygen atoms in total. The summed E-state index contributed by atoms with van der Waals surface area (Å²) < 4.78 is 5.15. The molecule has 31 heavy (non-hydrogen) atoms. The van der Waals surface area contributed by atoms with Crippen LogP contribution in [0.1, 0.15) is 56.1 Å². The van der Waals surface area contributed by atoms with Crippen molar-refractivity contribution in [2.24, 2.45) is 5.92 Å². The molecule has 0 aliphatic heterocycles. The van der Waals surface area contributed by atoms with Crippen molar-refractivity contribution in [2.45, 2.75) is 52.6 Å². The molecule has 0 aliphatic rings. The average molecular weight is 425 g/mol. The Bertz CT molecular complexity index is 884. The fraction of sp³-hybridized carbons (Fsp3) is 0.400. The van der Waals surface area contributed by atoms with E-state index in [1.165, 1.54) is 0 Å². The molecule has 0 spiro atoms. The molecule has 2 aromatic carbocycles. The fourth-order valence-electron chi connectivity index (χ4n) is 2.92. The Labute approximate surface area is 184 Å². The van der Waals surface area contributed by atoms with Crippen LogP contribution in [0, 0.1) is 5.92 Å². The van der Waals surface area contributed by atoms with E-state index < -0.39 is 24.5 Å². The lowest BCUT2D eigenvalue weighted by atomic mass is 9.86. The van der Waals surface area contributed by atoms with Gasteiger partial charge in [0, 0.05) is 12.1 Å². The van der Waals surface area contributed by atoms with E-state index in [4.69, 9.17) is 4.74 Å². The van der Waals surface area contributed by atoms with Crippen LogP contribution in [0.2, 0.25) is 0 Å². The minimum absolute atomic E-state index is 0.0135. The van der Waals surface area contributed by atoms with E-state index in [1.54, 1.807) is 12.1 Å². The molecule has 2 aromatic rings. The predicted octanol–water partition coefficient (Wildman–Crippen LogP) is 3.60. The summed E-state index contributed by atoms with van der Waals surface area (Å²) in [4.78, 5) is 37.1. The Kier molecular flexibility index (Phi) is 8.37. The van der Waals surface area contributed by atoms with Gasteiger partial charge < -0.3 is 15.4 Å². The van der Waals surface area contributed by atoms with E-state index in [0.29, 0.717) is 12.1 Å². The number of carbonyl (C=O) groups excluding carboxylic acids is 3. The highest BCUT2D eigenvalue weighted by atomic mass is 16.5. The molecule has 2 rings (SSSR count). The number of esters is 1. The molecule has 166 valence electrons. The molecule has 0 aliphatic carbocycles. The lowest BCUT2D eigenvalue weighted by Gasteiger charge is -2.22. The summed E-state index contributed by atoms with van der Waals surface area (Å²) in [5.74, 6) is -1.59. The first kappa shape index (κ1) is 24.1. The number of ether oxygens (including phenoxy) is 1. The molecule has 2 N–H and O–H groups in total. The Hall–Kier alpha value is -3.15. The normalized spacial score (nSPS) is 12.2. The summed E-state index contributed by atoms with van der Waals surface area (Å²) in [6.45, 7) is 9.88. The van der Waals surface area contributed by atoms with Gasteiger partial charge in [-0.25, -0.2) is 4.79 Å². The first-order valence-electron chi connectivity index (χ1n) is 10.5. The molecule has 1 atom stereocenters. The second-order valence-corrected chi connectivity index (χ2v) is 8.89. The second-order valence-electron chi connectivity index (χ2n) is 8.89.